The van der Waals surface area contributed by atoms with Gasteiger partial charge in [-0.05, 0) is 132 Å². The molecule has 0 fully saturated rings. The van der Waals surface area contributed by atoms with Crippen molar-refractivity contribution in [1.29, 1.82) is 5.26 Å². The smallest absolute Gasteiger partial charge is 0.167 e. The maximum atomic E-state index is 10.3. The Bertz CT molecular complexity index is 3640. The lowest BCUT2D eigenvalue weighted by Gasteiger charge is -2.45. The maximum Gasteiger partial charge on any atom is 0.167 e. The molecule has 10 aromatic carbocycles. The zero-order chi connectivity index (χ0) is 47.0. The van der Waals surface area contributed by atoms with Crippen LogP contribution in [0, 0.1) is 11.3 Å². The summed E-state index contributed by atoms with van der Waals surface area (Å²) in [5.74, 6) is 0.406. The topological polar surface area (TPSA) is 77.8 Å². The van der Waals surface area contributed by atoms with Crippen molar-refractivity contribution in [3.05, 3.63) is 293 Å². The fourth-order valence-electron chi connectivity index (χ4n) is 10.6. The van der Waals surface area contributed by atoms with Gasteiger partial charge in [0.1, 0.15) is 5.84 Å². The number of nitrogens with two attached hydrogens (primary N) is 1. The van der Waals surface area contributed by atoms with E-state index in [-0.39, 0.29) is 0 Å². The fourth-order valence-corrected chi connectivity index (χ4v) is 10.6. The summed E-state index contributed by atoms with van der Waals surface area (Å²) in [6, 6.07) is 89.5. The zero-order valence-electron chi connectivity index (χ0n) is 38.2. The third-order valence-electron chi connectivity index (χ3n) is 13.8. The van der Waals surface area contributed by atoms with Gasteiger partial charge in [0.15, 0.2) is 6.17 Å². The molecule has 2 N–H and O–H groups in total. The molecule has 1 heterocycles. The highest BCUT2D eigenvalue weighted by Gasteiger charge is 2.51. The predicted octanol–water partition coefficient (Wildman–Crippen LogP) is 15.2. The van der Waals surface area contributed by atoms with Gasteiger partial charge in [0.2, 0.25) is 0 Å². The summed E-state index contributed by atoms with van der Waals surface area (Å²) in [5, 5.41) is 10.3. The van der Waals surface area contributed by atoms with E-state index in [1.54, 1.807) is 0 Å². The van der Waals surface area contributed by atoms with Gasteiger partial charge in [0.25, 0.3) is 0 Å². The van der Waals surface area contributed by atoms with Crippen LogP contribution in [0.15, 0.2) is 259 Å². The first kappa shape index (κ1) is 42.0. The molecule has 10 aromatic rings. The van der Waals surface area contributed by atoms with Crippen molar-refractivity contribution >= 4 is 29.1 Å². The van der Waals surface area contributed by atoms with Crippen molar-refractivity contribution in [2.45, 2.75) is 11.6 Å². The number of anilines is 3. The van der Waals surface area contributed by atoms with Crippen molar-refractivity contribution in [3.8, 4) is 50.6 Å². The van der Waals surface area contributed by atoms with Gasteiger partial charge in [0, 0.05) is 17.5 Å². The van der Waals surface area contributed by atoms with Gasteiger partial charge in [-0.3, -0.25) is 4.99 Å². The molecule has 0 radical (unpaired) electrons. The molecule has 1 unspecified atom stereocenters. The molecule has 70 heavy (non-hydrogen) atoms. The van der Waals surface area contributed by atoms with E-state index in [4.69, 9.17) is 15.7 Å². The number of nitrogens with zero attached hydrogens (tertiary/aromatic N) is 4. The van der Waals surface area contributed by atoms with Gasteiger partial charge in [-0.15, -0.1) is 0 Å². The van der Waals surface area contributed by atoms with Gasteiger partial charge >= 0.3 is 0 Å². The van der Waals surface area contributed by atoms with E-state index >= 15 is 0 Å². The standard InChI is InChI=1S/C65H45N5/c66-42-45-30-36-55-56-41-52(35-37-57(56)65(60(55)38-45)58-26-10-12-28-61(58)70(54-24-8-3-9-25-54)62-29-13-11-27-59(62)65)50-21-14-20-49(39-50)51-22-15-23-53(40-51)63(67)69-64(68-43-44-16-4-1-5-17-44)48-33-31-47(32-34-48)46-18-6-2-7-19-46/h1-41,43,64H,(H2,67,69). The van der Waals surface area contributed by atoms with E-state index in [2.05, 4.69) is 205 Å². The van der Waals surface area contributed by atoms with Crippen LogP contribution in [0.5, 0.6) is 0 Å². The van der Waals surface area contributed by atoms with E-state index in [0.717, 1.165) is 83.8 Å². The first-order valence-electron chi connectivity index (χ1n) is 23.6. The van der Waals surface area contributed by atoms with E-state index in [0.29, 0.717) is 11.4 Å². The highest BCUT2D eigenvalue weighted by Crippen LogP contribution is 2.63. The molecule has 1 spiro atoms. The molecule has 0 aromatic heterocycles. The summed E-state index contributed by atoms with van der Waals surface area (Å²) < 4.78 is 0. The average molecular weight is 896 g/mol. The van der Waals surface area contributed by atoms with Gasteiger partial charge in [-0.2, -0.15) is 5.26 Å². The molecule has 1 aliphatic carbocycles. The number of fused-ring (bicyclic) bond motifs is 9. The fraction of sp³-hybridized carbons (Fsp3) is 0.0308. The normalized spacial score (nSPS) is 13.5. The summed E-state index contributed by atoms with van der Waals surface area (Å²) in [6.45, 7) is 0. The Balaban J connectivity index is 0.917. The summed E-state index contributed by atoms with van der Waals surface area (Å²) in [5.41, 5.74) is 26.5. The first-order valence-corrected chi connectivity index (χ1v) is 23.6. The highest BCUT2D eigenvalue weighted by molar-refractivity contribution is 5.99. The monoisotopic (exact) mass is 895 g/mol. The second-order valence-electron chi connectivity index (χ2n) is 17.8. The third kappa shape index (κ3) is 7.27. The van der Waals surface area contributed by atoms with Crippen LogP contribution in [0.2, 0.25) is 0 Å². The number of rotatable bonds is 9. The summed E-state index contributed by atoms with van der Waals surface area (Å²) in [7, 11) is 0. The number of nitriles is 1. The lowest BCUT2D eigenvalue weighted by molar-refractivity contribution is 0.752. The quantitative estimate of drug-likeness (QED) is 0.116. The average Bonchev–Trinajstić information content (AvgIpc) is 3.72. The van der Waals surface area contributed by atoms with E-state index < -0.39 is 11.6 Å². The molecule has 2 aliphatic rings. The summed E-state index contributed by atoms with van der Waals surface area (Å²) >= 11 is 0. The van der Waals surface area contributed by atoms with E-state index in [9.17, 15) is 5.26 Å². The Morgan fingerprint density at radius 1 is 0.471 bits per heavy atom. The van der Waals surface area contributed by atoms with Crippen LogP contribution in [-0.4, -0.2) is 12.1 Å². The van der Waals surface area contributed by atoms with Crippen molar-refractivity contribution in [2.75, 3.05) is 4.90 Å². The van der Waals surface area contributed by atoms with Gasteiger partial charge in [-0.1, -0.05) is 194 Å². The Morgan fingerprint density at radius 3 is 1.71 bits per heavy atom. The van der Waals surface area contributed by atoms with Crippen LogP contribution < -0.4 is 10.6 Å². The summed E-state index contributed by atoms with van der Waals surface area (Å²) in [4.78, 5) is 12.4. The van der Waals surface area contributed by atoms with Crippen LogP contribution in [0.4, 0.5) is 17.1 Å². The minimum atomic E-state index is -0.657. The molecule has 12 rings (SSSR count). The number of hydrogen-bond donors (Lipinski definition) is 1. The van der Waals surface area contributed by atoms with Crippen molar-refractivity contribution < 1.29 is 0 Å². The Morgan fingerprint density at radius 2 is 1.03 bits per heavy atom. The van der Waals surface area contributed by atoms with Crippen LogP contribution in [0.3, 0.4) is 0 Å². The molecule has 5 heteroatoms. The SMILES string of the molecule is N#Cc1ccc2c(c1)C1(c3ccc(-c4cccc(-c5cccc(C(N)=NC(N=Cc6ccccc6)c6ccc(-c7ccccc7)cc6)c5)c4)cc3-2)c2ccccc2N(c2ccccc2)c2ccccc21. The van der Waals surface area contributed by atoms with Crippen molar-refractivity contribution in [3.63, 3.8) is 0 Å². The molecule has 5 nitrogen and oxygen atoms in total. The second kappa shape index (κ2) is 17.7. The van der Waals surface area contributed by atoms with E-state index in [1.165, 1.54) is 16.7 Å². The van der Waals surface area contributed by atoms with Gasteiger partial charge in [-0.25, -0.2) is 4.99 Å². The Hall–Kier alpha value is -9.37. The first-order chi connectivity index (χ1) is 34.6. The Labute approximate surface area is 408 Å². The second-order valence-corrected chi connectivity index (χ2v) is 17.8. The lowest BCUT2D eigenvalue weighted by atomic mass is 9.64. The van der Waals surface area contributed by atoms with Crippen LogP contribution in [0.1, 0.15) is 50.7 Å². The number of hydrogen-bond acceptors (Lipinski definition) is 4. The van der Waals surface area contributed by atoms with Crippen molar-refractivity contribution in [2.24, 2.45) is 15.7 Å². The largest absolute Gasteiger partial charge is 0.383 e. The summed E-state index contributed by atoms with van der Waals surface area (Å²) in [6.07, 6.45) is 1.31. The van der Waals surface area contributed by atoms with Gasteiger partial charge in [0.05, 0.1) is 28.4 Å². The predicted molar refractivity (Wildman–Crippen MR) is 287 cm³/mol. The van der Waals surface area contributed by atoms with Gasteiger partial charge < -0.3 is 10.6 Å². The van der Waals surface area contributed by atoms with Crippen LogP contribution in [0.25, 0.3) is 44.5 Å². The molecule has 0 bridgehead atoms. The molecule has 0 saturated heterocycles. The molecule has 1 atom stereocenters. The molecular weight excluding hydrogens is 851 g/mol. The highest BCUT2D eigenvalue weighted by atomic mass is 15.2. The van der Waals surface area contributed by atoms with Crippen LogP contribution in [-0.2, 0) is 5.41 Å². The number of para-hydroxylation sites is 3. The molecular formula is C65H45N5. The molecule has 0 saturated carbocycles. The molecule has 330 valence electrons. The number of amidine groups is 1. The number of benzene rings is 10. The lowest BCUT2D eigenvalue weighted by Crippen LogP contribution is -2.36. The third-order valence-corrected chi connectivity index (χ3v) is 13.8. The zero-order valence-corrected chi connectivity index (χ0v) is 38.2. The molecule has 0 amide bonds. The Kier molecular flexibility index (Phi) is 10.6. The molecule has 1 aliphatic heterocycles. The minimum absolute atomic E-state index is 0.406. The minimum Gasteiger partial charge on any atom is -0.383 e. The van der Waals surface area contributed by atoms with Crippen LogP contribution >= 0.6 is 0 Å². The van der Waals surface area contributed by atoms with E-state index in [1.807, 2.05) is 60.8 Å². The maximum absolute atomic E-state index is 10.3. The van der Waals surface area contributed by atoms with Crippen molar-refractivity contribution in [1.82, 2.24) is 0 Å². The number of aliphatic imine (C=N–C) groups is 2.